The van der Waals surface area contributed by atoms with Crippen molar-refractivity contribution in [3.05, 3.63) is 24.0 Å². The normalized spacial score (nSPS) is 16.9. The third kappa shape index (κ3) is 1.93. The average molecular weight is 208 g/mol. The summed E-state index contributed by atoms with van der Waals surface area (Å²) in [5.41, 5.74) is 6.67. The molecule has 0 atom stereocenters. The molecular formula is C11H13FN2O. The number of nitrogens with two attached hydrogens (primary N) is 1. The first-order chi connectivity index (χ1) is 7.18. The van der Waals surface area contributed by atoms with E-state index in [9.17, 15) is 9.18 Å². The molecule has 1 aromatic carbocycles. The maximum Gasteiger partial charge on any atom is 0.227 e. The molecule has 0 aromatic heterocycles. The highest BCUT2D eigenvalue weighted by Gasteiger charge is 2.21. The molecule has 1 heterocycles. The Morgan fingerprint density at radius 2 is 2.13 bits per heavy atom. The van der Waals surface area contributed by atoms with E-state index in [2.05, 4.69) is 0 Å². The smallest absolute Gasteiger partial charge is 0.227 e. The van der Waals surface area contributed by atoms with Gasteiger partial charge in [0.15, 0.2) is 0 Å². The van der Waals surface area contributed by atoms with E-state index >= 15 is 0 Å². The Hall–Kier alpha value is -1.58. The minimum absolute atomic E-state index is 0.0264. The van der Waals surface area contributed by atoms with Gasteiger partial charge in [-0.05, 0) is 31.0 Å². The number of amides is 1. The standard InChI is InChI=1S/C11H13FN2O/c12-8-4-5-9(13)10(7-8)14-6-2-1-3-11(14)15/h4-5,7H,1-3,6,13H2. The summed E-state index contributed by atoms with van der Waals surface area (Å²) in [4.78, 5) is 13.2. The van der Waals surface area contributed by atoms with Crippen LogP contribution in [-0.2, 0) is 4.79 Å². The maximum atomic E-state index is 13.0. The molecule has 1 aromatic rings. The first-order valence-corrected chi connectivity index (χ1v) is 5.04. The highest BCUT2D eigenvalue weighted by molar-refractivity contribution is 5.96. The molecule has 1 amide bonds. The average Bonchev–Trinajstić information content (AvgIpc) is 2.23. The summed E-state index contributed by atoms with van der Waals surface area (Å²) >= 11 is 0. The van der Waals surface area contributed by atoms with Crippen LogP contribution >= 0.6 is 0 Å². The van der Waals surface area contributed by atoms with Crippen molar-refractivity contribution in [2.24, 2.45) is 0 Å². The van der Waals surface area contributed by atoms with Gasteiger partial charge in [0.05, 0.1) is 11.4 Å². The lowest BCUT2D eigenvalue weighted by Gasteiger charge is -2.27. The van der Waals surface area contributed by atoms with Crippen molar-refractivity contribution < 1.29 is 9.18 Å². The third-order valence-corrected chi connectivity index (χ3v) is 2.61. The minimum atomic E-state index is -0.363. The van der Waals surface area contributed by atoms with E-state index in [1.165, 1.54) is 18.2 Å². The van der Waals surface area contributed by atoms with E-state index in [0.717, 1.165) is 12.8 Å². The van der Waals surface area contributed by atoms with Crippen LogP contribution in [0.4, 0.5) is 15.8 Å². The number of hydrogen-bond acceptors (Lipinski definition) is 2. The number of carbonyl (C=O) groups excluding carboxylic acids is 1. The molecule has 3 nitrogen and oxygen atoms in total. The molecule has 0 aliphatic carbocycles. The Kier molecular flexibility index (Phi) is 2.58. The van der Waals surface area contributed by atoms with Crippen LogP contribution < -0.4 is 10.6 Å². The van der Waals surface area contributed by atoms with Gasteiger partial charge >= 0.3 is 0 Å². The second-order valence-electron chi connectivity index (χ2n) is 3.71. The van der Waals surface area contributed by atoms with Gasteiger partial charge in [0, 0.05) is 13.0 Å². The third-order valence-electron chi connectivity index (χ3n) is 2.61. The van der Waals surface area contributed by atoms with E-state index in [0.29, 0.717) is 24.3 Å². The molecule has 0 unspecified atom stereocenters. The van der Waals surface area contributed by atoms with Gasteiger partial charge in [-0.3, -0.25) is 4.79 Å². The molecule has 4 heteroatoms. The predicted octanol–water partition coefficient (Wildman–Crippen LogP) is 1.92. The topological polar surface area (TPSA) is 46.3 Å². The van der Waals surface area contributed by atoms with Gasteiger partial charge in [0.2, 0.25) is 5.91 Å². The van der Waals surface area contributed by atoms with Crippen LogP contribution in [0, 0.1) is 5.82 Å². The SMILES string of the molecule is Nc1ccc(F)cc1N1CCCCC1=O. The Morgan fingerprint density at radius 1 is 1.33 bits per heavy atom. The minimum Gasteiger partial charge on any atom is -0.397 e. The number of nitrogens with zero attached hydrogens (tertiary/aromatic N) is 1. The van der Waals surface area contributed by atoms with Gasteiger partial charge in [0.1, 0.15) is 5.82 Å². The van der Waals surface area contributed by atoms with Crippen molar-refractivity contribution in [2.75, 3.05) is 17.2 Å². The number of anilines is 2. The Morgan fingerprint density at radius 3 is 2.87 bits per heavy atom. The summed E-state index contributed by atoms with van der Waals surface area (Å²) in [6, 6.07) is 4.11. The molecule has 2 N–H and O–H groups in total. The highest BCUT2D eigenvalue weighted by Crippen LogP contribution is 2.27. The van der Waals surface area contributed by atoms with Crippen molar-refractivity contribution in [1.29, 1.82) is 0 Å². The van der Waals surface area contributed by atoms with Crippen molar-refractivity contribution in [2.45, 2.75) is 19.3 Å². The zero-order valence-electron chi connectivity index (χ0n) is 8.37. The molecule has 15 heavy (non-hydrogen) atoms. The zero-order valence-corrected chi connectivity index (χ0v) is 8.37. The van der Waals surface area contributed by atoms with Crippen LogP contribution in [0.2, 0.25) is 0 Å². The maximum absolute atomic E-state index is 13.0. The number of hydrogen-bond donors (Lipinski definition) is 1. The predicted molar refractivity (Wildman–Crippen MR) is 57.0 cm³/mol. The Labute approximate surface area is 87.7 Å². The monoisotopic (exact) mass is 208 g/mol. The van der Waals surface area contributed by atoms with E-state index in [1.54, 1.807) is 4.90 Å². The quantitative estimate of drug-likeness (QED) is 0.717. The van der Waals surface area contributed by atoms with Gasteiger partial charge in [0.25, 0.3) is 0 Å². The molecular weight excluding hydrogens is 195 g/mol. The second kappa shape index (κ2) is 3.88. The van der Waals surface area contributed by atoms with Crippen LogP contribution in [0.3, 0.4) is 0 Å². The Balaban J connectivity index is 2.34. The second-order valence-corrected chi connectivity index (χ2v) is 3.71. The molecule has 1 aliphatic rings. The first-order valence-electron chi connectivity index (χ1n) is 5.04. The fourth-order valence-corrected chi connectivity index (χ4v) is 1.81. The summed E-state index contributed by atoms with van der Waals surface area (Å²) in [7, 11) is 0. The molecule has 2 rings (SSSR count). The molecule has 1 saturated heterocycles. The molecule has 1 fully saturated rings. The fraction of sp³-hybridized carbons (Fsp3) is 0.364. The Bertz CT molecular complexity index is 392. The van der Waals surface area contributed by atoms with Gasteiger partial charge in [-0.2, -0.15) is 0 Å². The van der Waals surface area contributed by atoms with Gasteiger partial charge < -0.3 is 10.6 Å². The van der Waals surface area contributed by atoms with Crippen LogP contribution in [0.5, 0.6) is 0 Å². The lowest BCUT2D eigenvalue weighted by Crippen LogP contribution is -2.35. The van der Waals surface area contributed by atoms with Crippen molar-refractivity contribution in [3.63, 3.8) is 0 Å². The number of piperidine rings is 1. The van der Waals surface area contributed by atoms with Crippen molar-refractivity contribution >= 4 is 17.3 Å². The van der Waals surface area contributed by atoms with Crippen molar-refractivity contribution in [1.82, 2.24) is 0 Å². The number of rotatable bonds is 1. The highest BCUT2D eigenvalue weighted by atomic mass is 19.1. The number of nitrogen functional groups attached to an aromatic ring is 1. The zero-order chi connectivity index (χ0) is 10.8. The lowest BCUT2D eigenvalue weighted by molar-refractivity contribution is -0.119. The molecule has 1 aliphatic heterocycles. The lowest BCUT2D eigenvalue weighted by atomic mass is 10.1. The van der Waals surface area contributed by atoms with Crippen LogP contribution in [0.25, 0.3) is 0 Å². The summed E-state index contributed by atoms with van der Waals surface area (Å²) < 4.78 is 13.0. The van der Waals surface area contributed by atoms with Crippen LogP contribution in [0.15, 0.2) is 18.2 Å². The van der Waals surface area contributed by atoms with E-state index in [4.69, 9.17) is 5.73 Å². The largest absolute Gasteiger partial charge is 0.397 e. The number of halogens is 1. The van der Waals surface area contributed by atoms with E-state index in [1.807, 2.05) is 0 Å². The van der Waals surface area contributed by atoms with Gasteiger partial charge in [-0.15, -0.1) is 0 Å². The molecule has 0 spiro atoms. The fourth-order valence-electron chi connectivity index (χ4n) is 1.81. The van der Waals surface area contributed by atoms with Crippen LogP contribution in [0.1, 0.15) is 19.3 Å². The summed E-state index contributed by atoms with van der Waals surface area (Å²) in [5, 5.41) is 0. The molecule has 0 radical (unpaired) electrons. The van der Waals surface area contributed by atoms with Gasteiger partial charge in [-0.1, -0.05) is 0 Å². The summed E-state index contributed by atoms with van der Waals surface area (Å²) in [6.07, 6.45) is 2.38. The van der Waals surface area contributed by atoms with E-state index in [-0.39, 0.29) is 11.7 Å². The van der Waals surface area contributed by atoms with E-state index < -0.39 is 0 Å². The summed E-state index contributed by atoms with van der Waals surface area (Å²) in [5.74, 6) is -0.337. The van der Waals surface area contributed by atoms with Crippen LogP contribution in [-0.4, -0.2) is 12.5 Å². The first kappa shape index (κ1) is 9.96. The molecule has 0 saturated carbocycles. The van der Waals surface area contributed by atoms with Crippen molar-refractivity contribution in [3.8, 4) is 0 Å². The molecule has 0 bridgehead atoms. The number of carbonyl (C=O) groups is 1. The number of benzene rings is 1. The van der Waals surface area contributed by atoms with Gasteiger partial charge in [-0.25, -0.2) is 4.39 Å². The summed E-state index contributed by atoms with van der Waals surface area (Å²) in [6.45, 7) is 0.631. The molecule has 80 valence electrons.